The summed E-state index contributed by atoms with van der Waals surface area (Å²) < 4.78 is 110. The zero-order chi connectivity index (χ0) is 40.2. The SMILES string of the molecule is CCC[C@H]1N(C(=O)c2cnccc2C(F)(F)F)CCC[C@@]1(Oc1csc(C(F)(F)F)c1)C(=O)N1CCC(C#N)(c2cccc(F)c2OCCCC(=O)O)CC1. The molecule has 0 bridgehead atoms. The van der Waals surface area contributed by atoms with Crippen LogP contribution < -0.4 is 9.47 Å². The number of ether oxygens (including phenoxy) is 2. The van der Waals surface area contributed by atoms with Crippen molar-refractivity contribution in [2.45, 2.75) is 87.7 Å². The van der Waals surface area contributed by atoms with Gasteiger partial charge in [-0.05, 0) is 44.2 Å². The number of halogens is 7. The molecule has 0 spiro atoms. The van der Waals surface area contributed by atoms with Gasteiger partial charge in [0.05, 0.1) is 35.3 Å². The Labute approximate surface area is 315 Å². The minimum Gasteiger partial charge on any atom is -0.490 e. The van der Waals surface area contributed by atoms with E-state index < -0.39 is 69.0 Å². The van der Waals surface area contributed by atoms with E-state index in [0.29, 0.717) is 23.8 Å². The molecule has 10 nitrogen and oxygen atoms in total. The lowest BCUT2D eigenvalue weighted by atomic mass is 9.72. The molecule has 0 radical (unpaired) electrons. The highest BCUT2D eigenvalue weighted by atomic mass is 32.1. The maximum absolute atomic E-state index is 15.1. The number of hydrogen-bond donors (Lipinski definition) is 1. The van der Waals surface area contributed by atoms with Gasteiger partial charge >= 0.3 is 18.3 Å². The summed E-state index contributed by atoms with van der Waals surface area (Å²) in [5.41, 5.74) is -5.25. The molecule has 0 aliphatic carbocycles. The number of para-hydroxylation sites is 1. The van der Waals surface area contributed by atoms with Crippen molar-refractivity contribution in [3.8, 4) is 17.6 Å². The number of alkyl halides is 6. The fraction of sp³-hybridized carbons (Fsp3) is 0.486. The summed E-state index contributed by atoms with van der Waals surface area (Å²) >= 11 is 0.329. The van der Waals surface area contributed by atoms with Gasteiger partial charge in [0.25, 0.3) is 11.8 Å². The van der Waals surface area contributed by atoms with Crippen molar-refractivity contribution < 1.29 is 59.7 Å². The molecule has 2 fully saturated rings. The van der Waals surface area contributed by atoms with Gasteiger partial charge in [-0.25, -0.2) is 4.39 Å². The van der Waals surface area contributed by atoms with Crippen LogP contribution in [0.4, 0.5) is 30.7 Å². The average molecular weight is 799 g/mol. The van der Waals surface area contributed by atoms with Gasteiger partial charge in [-0.1, -0.05) is 25.5 Å². The van der Waals surface area contributed by atoms with E-state index in [2.05, 4.69) is 11.1 Å². The van der Waals surface area contributed by atoms with Gasteiger partial charge < -0.3 is 24.4 Å². The number of benzene rings is 1. The first kappa shape index (κ1) is 41.2. The van der Waals surface area contributed by atoms with Crippen molar-refractivity contribution in [1.82, 2.24) is 14.8 Å². The van der Waals surface area contributed by atoms with E-state index in [9.17, 15) is 46.0 Å². The number of aromatic nitrogens is 1. The Morgan fingerprint density at radius 1 is 1.07 bits per heavy atom. The summed E-state index contributed by atoms with van der Waals surface area (Å²) in [5, 5.41) is 20.5. The van der Waals surface area contributed by atoms with Crippen molar-refractivity contribution in [1.29, 1.82) is 5.26 Å². The topological polar surface area (TPSA) is 133 Å². The highest BCUT2D eigenvalue weighted by Gasteiger charge is 2.57. The third-order valence-corrected chi connectivity index (χ3v) is 10.9. The lowest BCUT2D eigenvalue weighted by Gasteiger charge is -2.51. The smallest absolute Gasteiger partial charge is 0.425 e. The summed E-state index contributed by atoms with van der Waals surface area (Å²) in [6.07, 6.45) is -8.00. The van der Waals surface area contributed by atoms with Gasteiger partial charge in [-0.2, -0.15) is 31.6 Å². The van der Waals surface area contributed by atoms with Crippen molar-refractivity contribution >= 4 is 29.1 Å². The van der Waals surface area contributed by atoms with Crippen LogP contribution in [0.3, 0.4) is 0 Å². The number of carbonyl (C=O) groups excluding carboxylic acids is 2. The number of amides is 2. The van der Waals surface area contributed by atoms with Crippen molar-refractivity contribution in [3.05, 3.63) is 75.5 Å². The Bertz CT molecular complexity index is 1920. The molecule has 5 rings (SSSR count). The van der Waals surface area contributed by atoms with Gasteiger partial charge in [0.2, 0.25) is 5.60 Å². The van der Waals surface area contributed by atoms with E-state index in [-0.39, 0.29) is 88.2 Å². The van der Waals surface area contributed by atoms with Crippen molar-refractivity contribution in [2.24, 2.45) is 0 Å². The van der Waals surface area contributed by atoms with Gasteiger partial charge in [0, 0.05) is 61.9 Å². The molecule has 0 unspecified atom stereocenters. The molecular weight excluding hydrogens is 761 g/mol. The Morgan fingerprint density at radius 3 is 2.42 bits per heavy atom. The molecule has 2 aliphatic rings. The highest BCUT2D eigenvalue weighted by molar-refractivity contribution is 7.10. The summed E-state index contributed by atoms with van der Waals surface area (Å²) in [7, 11) is 0. The lowest BCUT2D eigenvalue weighted by Crippen LogP contribution is -2.68. The number of piperidine rings is 2. The van der Waals surface area contributed by atoms with E-state index in [1.165, 1.54) is 17.0 Å². The van der Waals surface area contributed by atoms with E-state index in [1.807, 2.05) is 0 Å². The number of thiophene rings is 1. The zero-order valence-corrected chi connectivity index (χ0v) is 30.3. The summed E-state index contributed by atoms with van der Waals surface area (Å²) in [4.78, 5) is 45.1. The molecular formula is C37H37F7N4O6S. The number of rotatable bonds is 12. The number of nitrogens with zero attached hydrogens (tertiary/aromatic N) is 4. The molecule has 2 aromatic heterocycles. The predicted octanol–water partition coefficient (Wildman–Crippen LogP) is 7.87. The third-order valence-electron chi connectivity index (χ3n) is 9.94. The Kier molecular flexibility index (Phi) is 12.3. The summed E-state index contributed by atoms with van der Waals surface area (Å²) in [6, 6.07) is 6.41. The number of aliphatic carboxylic acids is 1. The maximum atomic E-state index is 15.1. The normalized spacial score (nSPS) is 20.1. The molecule has 2 amide bonds. The van der Waals surface area contributed by atoms with Crippen molar-refractivity contribution in [3.63, 3.8) is 0 Å². The van der Waals surface area contributed by atoms with E-state index in [1.54, 1.807) is 6.92 Å². The number of nitriles is 1. The molecule has 2 saturated heterocycles. The predicted molar refractivity (Wildman–Crippen MR) is 183 cm³/mol. The molecule has 4 heterocycles. The van der Waals surface area contributed by atoms with Crippen LogP contribution in [0.1, 0.15) is 84.7 Å². The molecule has 296 valence electrons. The Balaban J connectivity index is 1.51. The van der Waals surface area contributed by atoms with Crippen LogP contribution >= 0.6 is 11.3 Å². The second-order valence-corrected chi connectivity index (χ2v) is 14.3. The molecule has 1 aromatic carbocycles. The monoisotopic (exact) mass is 798 g/mol. The van der Waals surface area contributed by atoms with Gasteiger partial charge in [-0.3, -0.25) is 19.4 Å². The first-order valence-electron chi connectivity index (χ1n) is 17.5. The maximum Gasteiger partial charge on any atom is 0.425 e. The Hall–Kier alpha value is -4.92. The van der Waals surface area contributed by atoms with Gasteiger partial charge in [0.1, 0.15) is 10.6 Å². The second-order valence-electron chi connectivity index (χ2n) is 13.4. The quantitative estimate of drug-likeness (QED) is 0.145. The largest absolute Gasteiger partial charge is 0.490 e. The fourth-order valence-corrected chi connectivity index (χ4v) is 8.01. The van der Waals surface area contributed by atoms with E-state index in [4.69, 9.17) is 14.6 Å². The molecule has 0 saturated carbocycles. The number of carboxylic acid groups (broad SMARTS) is 1. The first-order valence-corrected chi connectivity index (χ1v) is 18.4. The minimum atomic E-state index is -4.93. The fourth-order valence-electron chi connectivity index (χ4n) is 7.33. The van der Waals surface area contributed by atoms with Crippen LogP contribution in [-0.4, -0.2) is 75.6 Å². The third kappa shape index (κ3) is 8.66. The highest BCUT2D eigenvalue weighted by Crippen LogP contribution is 2.45. The second kappa shape index (κ2) is 16.4. The van der Waals surface area contributed by atoms with Crippen LogP contribution in [0.5, 0.6) is 11.5 Å². The van der Waals surface area contributed by atoms with Crippen LogP contribution in [0.25, 0.3) is 0 Å². The first-order chi connectivity index (χ1) is 26.0. The standard InChI is InChI=1S/C37H37F7N4O6S/c1-2-6-28-35(54-23-19-29(55-21-23)37(42,43)44,11-5-15-48(28)32(51)24-20-46-14-10-25(24)36(39,40)41)33(52)47-16-12-34(22-45,13-17-47)26-7-3-8-27(38)31(26)53-18-4-9-30(49)50/h3,7-8,10,14,19-21,28H,2,4-6,9,11-13,15-18H2,1H3,(H,49,50)/t28-,35+/m1/s1. The Morgan fingerprint density at radius 2 is 1.80 bits per heavy atom. The number of pyridine rings is 1. The molecule has 2 aliphatic heterocycles. The molecule has 55 heavy (non-hydrogen) atoms. The average Bonchev–Trinajstić information content (AvgIpc) is 3.63. The number of likely N-dealkylation sites (tertiary alicyclic amines) is 2. The molecule has 3 aromatic rings. The molecule has 2 atom stereocenters. The van der Waals surface area contributed by atoms with E-state index >= 15 is 4.39 Å². The summed E-state index contributed by atoms with van der Waals surface area (Å²) in [5.74, 6) is -4.21. The van der Waals surface area contributed by atoms with E-state index in [0.717, 1.165) is 34.8 Å². The number of carbonyl (C=O) groups is 3. The zero-order valence-electron chi connectivity index (χ0n) is 29.5. The summed E-state index contributed by atoms with van der Waals surface area (Å²) in [6.45, 7) is 1.22. The van der Waals surface area contributed by atoms with Crippen molar-refractivity contribution in [2.75, 3.05) is 26.2 Å². The van der Waals surface area contributed by atoms with Gasteiger partial charge in [0.15, 0.2) is 11.6 Å². The minimum absolute atomic E-state index is 0.0250. The molecule has 1 N–H and O–H groups in total. The number of hydrogen-bond acceptors (Lipinski definition) is 8. The lowest BCUT2D eigenvalue weighted by molar-refractivity contribution is -0.160. The van der Waals surface area contributed by atoms with Crippen LogP contribution in [0.2, 0.25) is 0 Å². The number of carboxylic acids is 1. The molecule has 18 heteroatoms. The van der Waals surface area contributed by atoms with Crippen LogP contribution in [0.15, 0.2) is 48.1 Å². The van der Waals surface area contributed by atoms with Crippen LogP contribution in [-0.2, 0) is 27.4 Å². The van der Waals surface area contributed by atoms with Gasteiger partial charge in [-0.15, -0.1) is 11.3 Å². The van der Waals surface area contributed by atoms with Crippen LogP contribution in [0, 0.1) is 17.1 Å².